The molecule has 4 nitrogen and oxygen atoms in total. The standard InChI is InChI=1S/C13H20O4S2/c1-4-5-8-18(14)10-11-6-7-13(19(3,15)16)12(9-11)17-2/h6-7,9H,4-5,8,10H2,1-3H3. The molecule has 0 aliphatic rings. The van der Waals surface area contributed by atoms with E-state index in [1.54, 1.807) is 12.1 Å². The first kappa shape index (κ1) is 16.2. The molecule has 0 bridgehead atoms. The number of rotatable bonds is 7. The van der Waals surface area contributed by atoms with E-state index in [1.807, 2.05) is 0 Å². The molecule has 0 radical (unpaired) electrons. The predicted molar refractivity (Wildman–Crippen MR) is 77.7 cm³/mol. The molecule has 1 rings (SSSR count). The van der Waals surface area contributed by atoms with Crippen LogP contribution in [-0.4, -0.2) is 31.7 Å². The Bertz CT molecular complexity index is 550. The average Bonchev–Trinajstić information content (AvgIpc) is 2.34. The van der Waals surface area contributed by atoms with Crippen LogP contribution < -0.4 is 4.74 Å². The fourth-order valence-corrected chi connectivity index (χ4v) is 3.80. The van der Waals surface area contributed by atoms with Gasteiger partial charge in [0, 0.05) is 28.6 Å². The lowest BCUT2D eigenvalue weighted by atomic mass is 10.2. The van der Waals surface area contributed by atoms with E-state index < -0.39 is 20.6 Å². The van der Waals surface area contributed by atoms with Crippen molar-refractivity contribution in [1.29, 1.82) is 0 Å². The maximum absolute atomic E-state index is 11.8. The maximum atomic E-state index is 11.8. The molecule has 0 heterocycles. The van der Waals surface area contributed by atoms with E-state index in [1.165, 1.54) is 13.2 Å². The Morgan fingerprint density at radius 1 is 1.32 bits per heavy atom. The second-order valence-electron chi connectivity index (χ2n) is 4.40. The summed E-state index contributed by atoms with van der Waals surface area (Å²) >= 11 is 0. The highest BCUT2D eigenvalue weighted by Gasteiger charge is 2.15. The number of methoxy groups -OCH3 is 1. The van der Waals surface area contributed by atoms with Crippen LogP contribution in [0.5, 0.6) is 5.75 Å². The van der Waals surface area contributed by atoms with Crippen LogP contribution in [-0.2, 0) is 26.4 Å². The monoisotopic (exact) mass is 304 g/mol. The normalized spacial score (nSPS) is 13.2. The average molecular weight is 304 g/mol. The second kappa shape index (κ2) is 7.05. The summed E-state index contributed by atoms with van der Waals surface area (Å²) in [5, 5.41) is 0. The van der Waals surface area contributed by atoms with Crippen molar-refractivity contribution < 1.29 is 17.4 Å². The third-order valence-corrected chi connectivity index (χ3v) is 5.22. The van der Waals surface area contributed by atoms with E-state index in [-0.39, 0.29) is 4.90 Å². The van der Waals surface area contributed by atoms with Crippen LogP contribution in [0.4, 0.5) is 0 Å². The van der Waals surface area contributed by atoms with Crippen LogP contribution in [0.1, 0.15) is 25.3 Å². The van der Waals surface area contributed by atoms with Crippen molar-refractivity contribution in [2.24, 2.45) is 0 Å². The molecule has 6 heteroatoms. The summed E-state index contributed by atoms with van der Waals surface area (Å²) in [5.74, 6) is 1.42. The molecule has 0 saturated heterocycles. The molecule has 0 aliphatic carbocycles. The third kappa shape index (κ3) is 4.95. The first-order valence-corrected chi connectivity index (χ1v) is 9.48. The predicted octanol–water partition coefficient (Wildman–Crippen LogP) is 2.15. The van der Waals surface area contributed by atoms with Crippen molar-refractivity contribution in [3.63, 3.8) is 0 Å². The highest BCUT2D eigenvalue weighted by atomic mass is 32.2. The molecular formula is C13H20O4S2. The Morgan fingerprint density at radius 2 is 2.00 bits per heavy atom. The second-order valence-corrected chi connectivity index (χ2v) is 7.96. The molecule has 0 saturated carbocycles. The molecule has 0 amide bonds. The first-order valence-electron chi connectivity index (χ1n) is 6.10. The topological polar surface area (TPSA) is 60.4 Å². The Hall–Kier alpha value is -0.880. The fraction of sp³-hybridized carbons (Fsp3) is 0.538. The van der Waals surface area contributed by atoms with Gasteiger partial charge in [-0.2, -0.15) is 0 Å². The Balaban J connectivity index is 2.92. The number of sulfone groups is 1. The smallest absolute Gasteiger partial charge is 0.179 e. The van der Waals surface area contributed by atoms with Crippen LogP contribution in [0, 0.1) is 0 Å². The Labute approximate surface area is 117 Å². The zero-order valence-electron chi connectivity index (χ0n) is 11.5. The van der Waals surface area contributed by atoms with E-state index in [4.69, 9.17) is 4.74 Å². The van der Waals surface area contributed by atoms with Gasteiger partial charge in [-0.15, -0.1) is 0 Å². The van der Waals surface area contributed by atoms with E-state index in [0.29, 0.717) is 17.3 Å². The van der Waals surface area contributed by atoms with Crippen LogP contribution in [0.25, 0.3) is 0 Å². The zero-order chi connectivity index (χ0) is 14.5. The van der Waals surface area contributed by atoms with Crippen molar-refractivity contribution >= 4 is 20.6 Å². The number of hydrogen-bond acceptors (Lipinski definition) is 4. The van der Waals surface area contributed by atoms with Crippen molar-refractivity contribution in [2.75, 3.05) is 19.1 Å². The highest BCUT2D eigenvalue weighted by molar-refractivity contribution is 7.90. The van der Waals surface area contributed by atoms with Gasteiger partial charge in [0.2, 0.25) is 0 Å². The molecule has 1 aromatic carbocycles. The Kier molecular flexibility index (Phi) is 6.00. The molecule has 0 spiro atoms. The van der Waals surface area contributed by atoms with Crippen molar-refractivity contribution in [3.05, 3.63) is 23.8 Å². The van der Waals surface area contributed by atoms with Gasteiger partial charge >= 0.3 is 0 Å². The molecule has 108 valence electrons. The minimum atomic E-state index is -3.31. The number of ether oxygens (including phenoxy) is 1. The quantitative estimate of drug-likeness (QED) is 0.774. The van der Waals surface area contributed by atoms with Gasteiger partial charge in [-0.3, -0.25) is 4.21 Å². The summed E-state index contributed by atoms with van der Waals surface area (Å²) in [7, 11) is -2.79. The highest BCUT2D eigenvalue weighted by Crippen LogP contribution is 2.25. The molecule has 0 fully saturated rings. The van der Waals surface area contributed by atoms with Crippen LogP contribution in [0.15, 0.2) is 23.1 Å². The van der Waals surface area contributed by atoms with Crippen LogP contribution >= 0.6 is 0 Å². The summed E-state index contributed by atoms with van der Waals surface area (Å²) in [5.41, 5.74) is 0.832. The fourth-order valence-electron chi connectivity index (χ4n) is 1.67. The van der Waals surface area contributed by atoms with E-state index in [2.05, 4.69) is 6.92 Å². The minimum absolute atomic E-state index is 0.165. The van der Waals surface area contributed by atoms with Gasteiger partial charge in [0.25, 0.3) is 0 Å². The maximum Gasteiger partial charge on any atom is 0.179 e. The summed E-state index contributed by atoms with van der Waals surface area (Å²) < 4.78 is 40.0. The van der Waals surface area contributed by atoms with E-state index in [0.717, 1.165) is 24.7 Å². The number of unbranched alkanes of at least 4 members (excludes halogenated alkanes) is 1. The lowest BCUT2D eigenvalue weighted by Gasteiger charge is -2.09. The molecular weight excluding hydrogens is 284 g/mol. The van der Waals surface area contributed by atoms with Gasteiger partial charge in [-0.1, -0.05) is 19.4 Å². The van der Waals surface area contributed by atoms with Crippen molar-refractivity contribution in [2.45, 2.75) is 30.4 Å². The summed E-state index contributed by atoms with van der Waals surface area (Å²) in [6, 6.07) is 4.86. The zero-order valence-corrected chi connectivity index (χ0v) is 13.1. The number of benzene rings is 1. The van der Waals surface area contributed by atoms with Crippen molar-refractivity contribution in [1.82, 2.24) is 0 Å². The number of hydrogen-bond donors (Lipinski definition) is 0. The SMILES string of the molecule is CCCCS(=O)Cc1ccc(S(C)(=O)=O)c(OC)c1. The Morgan fingerprint density at radius 3 is 2.53 bits per heavy atom. The van der Waals surface area contributed by atoms with Crippen LogP contribution in [0.2, 0.25) is 0 Å². The lowest BCUT2D eigenvalue weighted by molar-refractivity contribution is 0.402. The molecule has 0 aliphatic heterocycles. The molecule has 1 atom stereocenters. The molecule has 0 aromatic heterocycles. The summed E-state index contributed by atoms with van der Waals surface area (Å²) in [6.07, 6.45) is 3.09. The largest absolute Gasteiger partial charge is 0.495 e. The van der Waals surface area contributed by atoms with Crippen molar-refractivity contribution in [3.8, 4) is 5.75 Å². The van der Waals surface area contributed by atoms with Crippen LogP contribution in [0.3, 0.4) is 0 Å². The van der Waals surface area contributed by atoms with E-state index >= 15 is 0 Å². The lowest BCUT2D eigenvalue weighted by Crippen LogP contribution is -2.04. The molecule has 1 unspecified atom stereocenters. The van der Waals surface area contributed by atoms with Gasteiger partial charge in [0.05, 0.1) is 7.11 Å². The van der Waals surface area contributed by atoms with E-state index in [9.17, 15) is 12.6 Å². The molecule has 0 N–H and O–H groups in total. The first-order chi connectivity index (χ1) is 8.88. The van der Waals surface area contributed by atoms with Gasteiger partial charge in [-0.05, 0) is 24.1 Å². The summed E-state index contributed by atoms with van der Waals surface area (Å²) in [4.78, 5) is 0.165. The molecule has 19 heavy (non-hydrogen) atoms. The van der Waals surface area contributed by atoms with Gasteiger partial charge in [-0.25, -0.2) is 8.42 Å². The van der Waals surface area contributed by atoms with Gasteiger partial charge in [0.15, 0.2) is 9.84 Å². The summed E-state index contributed by atoms with van der Waals surface area (Å²) in [6.45, 7) is 2.06. The third-order valence-electron chi connectivity index (χ3n) is 2.68. The molecule has 1 aromatic rings. The minimum Gasteiger partial charge on any atom is -0.495 e. The van der Waals surface area contributed by atoms with Gasteiger partial charge < -0.3 is 4.74 Å². The van der Waals surface area contributed by atoms with Gasteiger partial charge in [0.1, 0.15) is 10.6 Å².